The van der Waals surface area contributed by atoms with Gasteiger partial charge in [-0.2, -0.15) is 0 Å². The highest BCUT2D eigenvalue weighted by molar-refractivity contribution is 7.51. The Labute approximate surface area is 70.8 Å². The highest BCUT2D eigenvalue weighted by Gasteiger charge is 2.27. The van der Waals surface area contributed by atoms with Crippen LogP contribution < -0.4 is 0 Å². The monoisotopic (exact) mass is 175 g/mol. The zero-order valence-corrected chi connectivity index (χ0v) is 8.60. The van der Waals surface area contributed by atoms with E-state index < -0.39 is 0 Å². The molecule has 1 heterocycles. The number of rotatable bonds is 3. The third-order valence-corrected chi connectivity index (χ3v) is 4.06. The normalized spacial score (nSPS) is 26.7. The maximum absolute atomic E-state index is 5.67. The Bertz CT molecular complexity index is 119. The highest BCUT2D eigenvalue weighted by atomic mass is 31.2. The summed E-state index contributed by atoms with van der Waals surface area (Å²) in [6.07, 6.45) is 1.24. The summed E-state index contributed by atoms with van der Waals surface area (Å²) in [5.74, 6) is 0. The lowest BCUT2D eigenvalue weighted by molar-refractivity contribution is 0.388. The van der Waals surface area contributed by atoms with Crippen LogP contribution in [0, 0.1) is 0 Å². The molecule has 1 fully saturated rings. The van der Waals surface area contributed by atoms with Gasteiger partial charge in [0.05, 0.1) is 6.61 Å². The van der Waals surface area contributed by atoms with Crippen LogP contribution in [0.2, 0.25) is 0 Å². The lowest BCUT2D eigenvalue weighted by atomic mass is 10.5. The van der Waals surface area contributed by atoms with E-state index in [9.17, 15) is 0 Å². The SMILES string of the molecule is CCCN1CCOP1C(C)C. The van der Waals surface area contributed by atoms with Crippen molar-refractivity contribution in [2.75, 3.05) is 19.7 Å². The van der Waals surface area contributed by atoms with Gasteiger partial charge in [-0.3, -0.25) is 4.67 Å². The Morgan fingerprint density at radius 3 is 2.82 bits per heavy atom. The summed E-state index contributed by atoms with van der Waals surface area (Å²) < 4.78 is 8.17. The van der Waals surface area contributed by atoms with Crippen molar-refractivity contribution in [1.82, 2.24) is 4.67 Å². The van der Waals surface area contributed by atoms with Crippen molar-refractivity contribution in [3.05, 3.63) is 0 Å². The number of hydrogen-bond donors (Lipinski definition) is 0. The summed E-state index contributed by atoms with van der Waals surface area (Å²) in [4.78, 5) is 0. The van der Waals surface area contributed by atoms with Crippen LogP contribution >= 0.6 is 8.30 Å². The molecule has 0 aliphatic carbocycles. The largest absolute Gasteiger partial charge is 0.342 e. The molecule has 0 spiro atoms. The molecule has 1 unspecified atom stereocenters. The molecule has 3 heteroatoms. The molecule has 0 aromatic rings. The van der Waals surface area contributed by atoms with E-state index in [0.717, 1.165) is 13.2 Å². The molecule has 2 nitrogen and oxygen atoms in total. The summed E-state index contributed by atoms with van der Waals surface area (Å²) in [6.45, 7) is 10.0. The predicted octanol–water partition coefficient (Wildman–Crippen LogP) is 2.45. The standard InChI is InChI=1S/C8H18NOP/c1-4-5-9-6-7-10-11(9)8(2)3/h8H,4-7H2,1-3H3. The first-order valence-electron chi connectivity index (χ1n) is 4.42. The maximum atomic E-state index is 5.67. The summed E-state index contributed by atoms with van der Waals surface area (Å²) in [7, 11) is -0.240. The Hall–Kier alpha value is 0.350. The molecule has 0 amide bonds. The van der Waals surface area contributed by atoms with Crippen molar-refractivity contribution in [3.63, 3.8) is 0 Å². The average molecular weight is 175 g/mol. The first-order valence-corrected chi connectivity index (χ1v) is 5.71. The van der Waals surface area contributed by atoms with Gasteiger partial charge in [-0.25, -0.2) is 0 Å². The van der Waals surface area contributed by atoms with Crippen LogP contribution in [0.3, 0.4) is 0 Å². The van der Waals surface area contributed by atoms with Gasteiger partial charge in [0.2, 0.25) is 0 Å². The second-order valence-corrected chi connectivity index (χ2v) is 5.64. The summed E-state index contributed by atoms with van der Waals surface area (Å²) >= 11 is 0. The quantitative estimate of drug-likeness (QED) is 0.611. The second kappa shape index (κ2) is 4.39. The average Bonchev–Trinajstić information content (AvgIpc) is 2.36. The molecule has 1 rings (SSSR count). The Morgan fingerprint density at radius 2 is 2.27 bits per heavy atom. The fourth-order valence-electron chi connectivity index (χ4n) is 1.36. The van der Waals surface area contributed by atoms with E-state index in [2.05, 4.69) is 25.4 Å². The molecular weight excluding hydrogens is 157 g/mol. The third-order valence-electron chi connectivity index (χ3n) is 1.78. The van der Waals surface area contributed by atoms with Crippen molar-refractivity contribution < 1.29 is 4.52 Å². The molecule has 1 aliphatic rings. The summed E-state index contributed by atoms with van der Waals surface area (Å²) in [5, 5.41) is 0. The van der Waals surface area contributed by atoms with Crippen LogP contribution in [0.25, 0.3) is 0 Å². The number of hydrogen-bond acceptors (Lipinski definition) is 2. The van der Waals surface area contributed by atoms with E-state index in [1.807, 2.05) is 0 Å². The van der Waals surface area contributed by atoms with Gasteiger partial charge in [-0.1, -0.05) is 20.8 Å². The van der Waals surface area contributed by atoms with Crippen LogP contribution in [0.15, 0.2) is 0 Å². The minimum Gasteiger partial charge on any atom is -0.342 e. The first-order chi connectivity index (χ1) is 5.25. The molecule has 0 N–H and O–H groups in total. The molecule has 11 heavy (non-hydrogen) atoms. The minimum absolute atomic E-state index is 0.240. The molecular formula is C8H18NOP. The van der Waals surface area contributed by atoms with E-state index in [-0.39, 0.29) is 8.30 Å². The van der Waals surface area contributed by atoms with Crippen molar-refractivity contribution >= 4 is 8.30 Å². The summed E-state index contributed by atoms with van der Waals surface area (Å²) in [6, 6.07) is 0. The topological polar surface area (TPSA) is 12.5 Å². The molecule has 1 aliphatic heterocycles. The van der Waals surface area contributed by atoms with E-state index in [0.29, 0.717) is 5.66 Å². The molecule has 66 valence electrons. The van der Waals surface area contributed by atoms with E-state index in [4.69, 9.17) is 4.52 Å². The Balaban J connectivity index is 2.37. The maximum Gasteiger partial charge on any atom is 0.107 e. The van der Waals surface area contributed by atoms with E-state index in [1.165, 1.54) is 13.0 Å². The molecule has 0 radical (unpaired) electrons. The molecule has 1 saturated heterocycles. The predicted molar refractivity (Wildman–Crippen MR) is 49.9 cm³/mol. The van der Waals surface area contributed by atoms with Gasteiger partial charge in [0, 0.05) is 18.7 Å². The summed E-state index contributed by atoms with van der Waals surface area (Å²) in [5.41, 5.74) is 0.694. The van der Waals surface area contributed by atoms with E-state index in [1.54, 1.807) is 0 Å². The van der Waals surface area contributed by atoms with Crippen LogP contribution in [0.5, 0.6) is 0 Å². The first kappa shape index (κ1) is 9.44. The van der Waals surface area contributed by atoms with Crippen LogP contribution in [0.4, 0.5) is 0 Å². The van der Waals surface area contributed by atoms with Crippen LogP contribution in [-0.4, -0.2) is 30.0 Å². The smallest absolute Gasteiger partial charge is 0.107 e. The van der Waals surface area contributed by atoms with Gasteiger partial charge >= 0.3 is 0 Å². The van der Waals surface area contributed by atoms with Gasteiger partial charge in [0.25, 0.3) is 0 Å². The zero-order chi connectivity index (χ0) is 8.27. The Kier molecular flexibility index (Phi) is 3.77. The van der Waals surface area contributed by atoms with Crippen LogP contribution in [-0.2, 0) is 4.52 Å². The van der Waals surface area contributed by atoms with E-state index >= 15 is 0 Å². The minimum atomic E-state index is -0.240. The van der Waals surface area contributed by atoms with Gasteiger partial charge in [-0.15, -0.1) is 0 Å². The van der Waals surface area contributed by atoms with Crippen molar-refractivity contribution in [3.8, 4) is 0 Å². The zero-order valence-electron chi connectivity index (χ0n) is 7.71. The Morgan fingerprint density at radius 1 is 1.55 bits per heavy atom. The molecule has 0 aromatic heterocycles. The molecule has 0 bridgehead atoms. The van der Waals surface area contributed by atoms with Gasteiger partial charge in [-0.05, 0) is 6.42 Å². The number of nitrogens with zero attached hydrogens (tertiary/aromatic N) is 1. The van der Waals surface area contributed by atoms with Gasteiger partial charge < -0.3 is 4.52 Å². The van der Waals surface area contributed by atoms with Crippen molar-refractivity contribution in [2.24, 2.45) is 0 Å². The van der Waals surface area contributed by atoms with Crippen molar-refractivity contribution in [2.45, 2.75) is 32.9 Å². The molecule has 0 saturated carbocycles. The highest BCUT2D eigenvalue weighted by Crippen LogP contribution is 2.49. The fourth-order valence-corrected chi connectivity index (χ4v) is 3.42. The van der Waals surface area contributed by atoms with Gasteiger partial charge in [0.1, 0.15) is 8.30 Å². The third kappa shape index (κ3) is 2.40. The van der Waals surface area contributed by atoms with Crippen molar-refractivity contribution in [1.29, 1.82) is 0 Å². The fraction of sp³-hybridized carbons (Fsp3) is 1.00. The van der Waals surface area contributed by atoms with Gasteiger partial charge in [0.15, 0.2) is 0 Å². The lowest BCUT2D eigenvalue weighted by Gasteiger charge is -2.24. The molecule has 0 aromatic carbocycles. The lowest BCUT2D eigenvalue weighted by Crippen LogP contribution is -2.18. The second-order valence-electron chi connectivity index (χ2n) is 3.18. The van der Waals surface area contributed by atoms with Crippen LogP contribution in [0.1, 0.15) is 27.2 Å². The molecule has 1 atom stereocenters.